The molecule has 0 spiro atoms. The van der Waals surface area contributed by atoms with Crippen molar-refractivity contribution < 1.29 is 29.6 Å². The highest BCUT2D eigenvalue weighted by Crippen LogP contribution is 2.05. The number of carbonyl (C=O) groups excluding carboxylic acids is 1. The third kappa shape index (κ3) is 7.03. The number of hydrogen-bond acceptors (Lipinski definition) is 6. The van der Waals surface area contributed by atoms with Crippen LogP contribution in [0.25, 0.3) is 0 Å². The number of hydrogen-bond donors (Lipinski definition) is 3. The fourth-order valence-electron chi connectivity index (χ4n) is 1.12. The molecule has 0 amide bonds. The van der Waals surface area contributed by atoms with Crippen molar-refractivity contribution in [1.29, 1.82) is 0 Å². The summed E-state index contributed by atoms with van der Waals surface area (Å²) in [5, 5.41) is 28.7. The highest BCUT2D eigenvalue weighted by atomic mass is 16.5. The fraction of sp³-hybridized carbons (Fsp3) is 0.917. The van der Waals surface area contributed by atoms with Gasteiger partial charge >= 0.3 is 0 Å². The molecule has 3 atom stereocenters. The van der Waals surface area contributed by atoms with Gasteiger partial charge < -0.3 is 24.8 Å². The first-order valence-electron chi connectivity index (χ1n) is 6.05. The zero-order chi connectivity index (χ0) is 14.3. The van der Waals surface area contributed by atoms with Crippen LogP contribution < -0.4 is 0 Å². The first-order valence-corrected chi connectivity index (χ1v) is 6.05. The van der Waals surface area contributed by atoms with Gasteiger partial charge in [-0.3, -0.25) is 4.79 Å². The summed E-state index contributed by atoms with van der Waals surface area (Å²) in [6.07, 6.45) is -4.82. The normalized spacial score (nSPS) is 16.9. The molecule has 0 saturated carbocycles. The fourth-order valence-corrected chi connectivity index (χ4v) is 1.12. The average Bonchev–Trinajstić information content (AvgIpc) is 2.30. The monoisotopic (exact) mass is 264 g/mol. The molecular formula is C12H24O6. The van der Waals surface area contributed by atoms with Crippen molar-refractivity contribution in [2.45, 2.75) is 58.2 Å². The summed E-state index contributed by atoms with van der Waals surface area (Å²) in [7, 11) is 0. The van der Waals surface area contributed by atoms with E-state index in [0.717, 1.165) is 0 Å². The van der Waals surface area contributed by atoms with Crippen LogP contribution in [0.15, 0.2) is 0 Å². The summed E-state index contributed by atoms with van der Waals surface area (Å²) in [4.78, 5) is 11.4. The van der Waals surface area contributed by atoms with Crippen molar-refractivity contribution >= 4 is 5.78 Å². The molecule has 0 saturated heterocycles. The molecule has 0 aromatic rings. The molecule has 18 heavy (non-hydrogen) atoms. The van der Waals surface area contributed by atoms with E-state index in [9.17, 15) is 20.1 Å². The zero-order valence-corrected chi connectivity index (χ0v) is 11.4. The molecule has 0 aliphatic rings. The van der Waals surface area contributed by atoms with E-state index in [1.54, 1.807) is 27.7 Å². The van der Waals surface area contributed by atoms with Crippen molar-refractivity contribution in [2.75, 3.05) is 13.2 Å². The van der Waals surface area contributed by atoms with Gasteiger partial charge in [0.15, 0.2) is 5.78 Å². The number of ether oxygens (including phenoxy) is 2. The third-order valence-corrected chi connectivity index (χ3v) is 2.21. The van der Waals surface area contributed by atoms with E-state index in [4.69, 9.17) is 9.47 Å². The second kappa shape index (κ2) is 8.55. The van der Waals surface area contributed by atoms with Gasteiger partial charge in [-0.2, -0.15) is 0 Å². The number of rotatable bonds is 9. The Bertz CT molecular complexity index is 241. The summed E-state index contributed by atoms with van der Waals surface area (Å²) < 4.78 is 10.1. The maximum Gasteiger partial charge on any atom is 0.189 e. The molecule has 108 valence electrons. The average molecular weight is 264 g/mol. The summed E-state index contributed by atoms with van der Waals surface area (Å²) in [5.74, 6) is -0.667. The molecule has 6 heteroatoms. The Morgan fingerprint density at radius 2 is 1.50 bits per heavy atom. The molecule has 0 bridgehead atoms. The Labute approximate surface area is 108 Å². The summed E-state index contributed by atoms with van der Waals surface area (Å²) in [6, 6.07) is 0. The van der Waals surface area contributed by atoms with Gasteiger partial charge in [-0.25, -0.2) is 0 Å². The molecule has 6 nitrogen and oxygen atoms in total. The highest BCUT2D eigenvalue weighted by molar-refractivity contribution is 5.84. The molecule has 0 heterocycles. The smallest absolute Gasteiger partial charge is 0.189 e. The van der Waals surface area contributed by atoms with Crippen LogP contribution in [0.5, 0.6) is 0 Å². The highest BCUT2D eigenvalue weighted by Gasteiger charge is 2.30. The lowest BCUT2D eigenvalue weighted by Gasteiger charge is -2.23. The van der Waals surface area contributed by atoms with Crippen LogP contribution in [0.2, 0.25) is 0 Å². The number of aliphatic hydroxyl groups excluding tert-OH is 3. The largest absolute Gasteiger partial charge is 0.388 e. The van der Waals surface area contributed by atoms with Crippen LogP contribution in [0.3, 0.4) is 0 Å². The van der Waals surface area contributed by atoms with E-state index in [1.165, 1.54) is 0 Å². The van der Waals surface area contributed by atoms with Crippen molar-refractivity contribution in [3.8, 4) is 0 Å². The molecule has 0 aliphatic heterocycles. The minimum absolute atomic E-state index is 0.107. The summed E-state index contributed by atoms with van der Waals surface area (Å²) in [5.41, 5.74) is 0. The van der Waals surface area contributed by atoms with E-state index in [-0.39, 0.29) is 25.4 Å². The molecule has 0 aromatic carbocycles. The molecule has 0 rings (SSSR count). The van der Waals surface area contributed by atoms with Crippen LogP contribution in [0.4, 0.5) is 0 Å². The maximum absolute atomic E-state index is 11.4. The van der Waals surface area contributed by atoms with Gasteiger partial charge in [0.2, 0.25) is 0 Å². The molecule has 0 aromatic heterocycles. The molecular weight excluding hydrogens is 240 g/mol. The Balaban J connectivity index is 4.13. The Hall–Kier alpha value is -0.530. The lowest BCUT2D eigenvalue weighted by Crippen LogP contribution is -2.45. The van der Waals surface area contributed by atoms with Gasteiger partial charge in [0.05, 0.1) is 18.8 Å². The van der Waals surface area contributed by atoms with Crippen LogP contribution >= 0.6 is 0 Å². The molecule has 0 unspecified atom stereocenters. The van der Waals surface area contributed by atoms with Gasteiger partial charge in [0.25, 0.3) is 0 Å². The Kier molecular flexibility index (Phi) is 8.30. The lowest BCUT2D eigenvalue weighted by atomic mass is 10.1. The van der Waals surface area contributed by atoms with Gasteiger partial charge in [-0.15, -0.1) is 0 Å². The predicted octanol–water partition coefficient (Wildman–Crippen LogP) is -0.512. The van der Waals surface area contributed by atoms with Gasteiger partial charge in [-0.1, -0.05) is 0 Å². The van der Waals surface area contributed by atoms with E-state index in [1.807, 2.05) is 0 Å². The van der Waals surface area contributed by atoms with Crippen molar-refractivity contribution in [3.05, 3.63) is 0 Å². The van der Waals surface area contributed by atoms with E-state index in [2.05, 4.69) is 0 Å². The minimum Gasteiger partial charge on any atom is -0.388 e. The number of carbonyl (C=O) groups is 1. The van der Waals surface area contributed by atoms with Crippen LogP contribution in [0.1, 0.15) is 27.7 Å². The van der Waals surface area contributed by atoms with Crippen molar-refractivity contribution in [1.82, 2.24) is 0 Å². The van der Waals surface area contributed by atoms with E-state index in [0.29, 0.717) is 0 Å². The quantitative estimate of drug-likeness (QED) is 0.519. The van der Waals surface area contributed by atoms with Gasteiger partial charge in [0, 0.05) is 0 Å². The Morgan fingerprint density at radius 1 is 1.00 bits per heavy atom. The van der Waals surface area contributed by atoms with Gasteiger partial charge in [-0.05, 0) is 27.7 Å². The number of Topliss-reactive ketones (excluding diaryl/α,β-unsaturated/α-hetero) is 1. The second-order valence-electron chi connectivity index (χ2n) is 4.71. The van der Waals surface area contributed by atoms with Crippen LogP contribution in [0, 0.1) is 0 Å². The molecule has 0 aliphatic carbocycles. The topological polar surface area (TPSA) is 96.2 Å². The van der Waals surface area contributed by atoms with E-state index >= 15 is 0 Å². The summed E-state index contributed by atoms with van der Waals surface area (Å²) >= 11 is 0. The van der Waals surface area contributed by atoms with Gasteiger partial charge in [0.1, 0.15) is 24.9 Å². The lowest BCUT2D eigenvalue weighted by molar-refractivity contribution is -0.147. The first kappa shape index (κ1) is 17.5. The second-order valence-corrected chi connectivity index (χ2v) is 4.71. The number of ketones is 1. The minimum atomic E-state index is -1.67. The van der Waals surface area contributed by atoms with E-state index < -0.39 is 24.1 Å². The van der Waals surface area contributed by atoms with Crippen LogP contribution in [-0.4, -0.2) is 64.8 Å². The molecule has 0 fully saturated rings. The standard InChI is InChI=1S/C12H24O6/c1-7(2)17-5-9(13)11(15)12(16)10(14)6-18-8(3)4/h7-9,11-13,15-16H,5-6H2,1-4H3/t9-,11+,12+/m1/s1. The molecule has 0 radical (unpaired) electrons. The third-order valence-electron chi connectivity index (χ3n) is 2.21. The molecule has 3 N–H and O–H groups in total. The predicted molar refractivity (Wildman–Crippen MR) is 65.2 cm³/mol. The zero-order valence-electron chi connectivity index (χ0n) is 11.4. The summed E-state index contributed by atoms with van der Waals surface area (Å²) in [6.45, 7) is 6.61. The number of aliphatic hydroxyl groups is 3. The van der Waals surface area contributed by atoms with Crippen molar-refractivity contribution in [2.24, 2.45) is 0 Å². The van der Waals surface area contributed by atoms with Crippen LogP contribution in [-0.2, 0) is 14.3 Å². The van der Waals surface area contributed by atoms with Crippen molar-refractivity contribution in [3.63, 3.8) is 0 Å². The SMILES string of the molecule is CC(C)OCC(=O)[C@H](O)[C@@H](O)[C@H](O)COC(C)C. The first-order chi connectivity index (χ1) is 8.25. The Morgan fingerprint density at radius 3 is 1.94 bits per heavy atom. The maximum atomic E-state index is 11.4.